The van der Waals surface area contributed by atoms with Crippen molar-refractivity contribution in [1.29, 1.82) is 0 Å². The summed E-state index contributed by atoms with van der Waals surface area (Å²) in [6.07, 6.45) is -0.0737. The highest BCUT2D eigenvalue weighted by molar-refractivity contribution is 5.93. The average Bonchev–Trinajstić information content (AvgIpc) is 2.43. The Labute approximate surface area is 120 Å². The van der Waals surface area contributed by atoms with Crippen LogP contribution < -0.4 is 10.1 Å². The second kappa shape index (κ2) is 6.69. The molecule has 0 bridgehead atoms. The van der Waals surface area contributed by atoms with Crippen molar-refractivity contribution in [3.05, 3.63) is 54.1 Å². The predicted octanol–water partition coefficient (Wildman–Crippen LogP) is 3.17. The maximum absolute atomic E-state index is 12.3. The van der Waals surface area contributed by atoms with E-state index in [0.717, 1.165) is 0 Å². The van der Waals surface area contributed by atoms with Gasteiger partial charge in [-0.2, -0.15) is 8.78 Å². The van der Waals surface area contributed by atoms with E-state index in [1.165, 1.54) is 24.3 Å². The summed E-state index contributed by atoms with van der Waals surface area (Å²) in [4.78, 5) is 11.9. The molecule has 0 saturated heterocycles. The van der Waals surface area contributed by atoms with Crippen molar-refractivity contribution in [2.45, 2.75) is 13.0 Å². The molecular formula is C15H13F2NO3. The molecular weight excluding hydrogens is 280 g/mol. The molecule has 0 radical (unpaired) electrons. The van der Waals surface area contributed by atoms with E-state index in [-0.39, 0.29) is 23.6 Å². The van der Waals surface area contributed by atoms with Crippen LogP contribution in [0.15, 0.2) is 48.5 Å². The highest BCUT2D eigenvalue weighted by atomic mass is 19.3. The molecule has 0 fully saturated rings. The number of amides is 1. The number of hydrogen-bond acceptors (Lipinski definition) is 3. The van der Waals surface area contributed by atoms with Crippen LogP contribution in [0, 0.1) is 0 Å². The van der Waals surface area contributed by atoms with E-state index in [1.807, 2.05) is 0 Å². The number of alkyl halides is 2. The van der Waals surface area contributed by atoms with E-state index in [4.69, 9.17) is 0 Å². The number of halogens is 2. The van der Waals surface area contributed by atoms with Crippen LogP contribution in [0.5, 0.6) is 11.5 Å². The molecule has 2 aromatic rings. The number of para-hydroxylation sites is 3. The average molecular weight is 293 g/mol. The lowest BCUT2D eigenvalue weighted by Crippen LogP contribution is -2.16. The SMILES string of the molecule is O=C(Cc1ccccc1O)Nc1ccccc1OC(F)F. The van der Waals surface area contributed by atoms with Crippen LogP contribution in [0.25, 0.3) is 0 Å². The van der Waals surface area contributed by atoms with Crippen molar-refractivity contribution in [2.24, 2.45) is 0 Å². The zero-order valence-corrected chi connectivity index (χ0v) is 10.9. The number of phenolic OH excluding ortho intramolecular Hbond substituents is 1. The van der Waals surface area contributed by atoms with Gasteiger partial charge in [0.15, 0.2) is 0 Å². The Balaban J connectivity index is 2.08. The summed E-state index contributed by atoms with van der Waals surface area (Å²) in [7, 11) is 0. The number of carbonyl (C=O) groups excluding carboxylic acids is 1. The summed E-state index contributed by atoms with van der Waals surface area (Å²) < 4.78 is 28.9. The monoisotopic (exact) mass is 293 g/mol. The Morgan fingerprint density at radius 1 is 1.14 bits per heavy atom. The Bertz CT molecular complexity index is 632. The van der Waals surface area contributed by atoms with Gasteiger partial charge < -0.3 is 15.2 Å². The Morgan fingerprint density at radius 3 is 2.52 bits per heavy atom. The zero-order chi connectivity index (χ0) is 15.2. The Hall–Kier alpha value is -2.63. The lowest BCUT2D eigenvalue weighted by atomic mass is 10.1. The van der Waals surface area contributed by atoms with E-state index >= 15 is 0 Å². The van der Waals surface area contributed by atoms with Gasteiger partial charge in [0.1, 0.15) is 11.5 Å². The molecule has 4 nitrogen and oxygen atoms in total. The molecule has 2 aromatic carbocycles. The van der Waals surface area contributed by atoms with Crippen molar-refractivity contribution in [1.82, 2.24) is 0 Å². The van der Waals surface area contributed by atoms with Gasteiger partial charge >= 0.3 is 6.61 Å². The van der Waals surface area contributed by atoms with Gasteiger partial charge in [-0.1, -0.05) is 30.3 Å². The third-order valence-electron chi connectivity index (χ3n) is 2.72. The first-order valence-electron chi connectivity index (χ1n) is 6.17. The van der Waals surface area contributed by atoms with Crippen LogP contribution >= 0.6 is 0 Å². The molecule has 21 heavy (non-hydrogen) atoms. The topological polar surface area (TPSA) is 58.6 Å². The van der Waals surface area contributed by atoms with Gasteiger partial charge in [0.2, 0.25) is 5.91 Å². The molecule has 0 aliphatic rings. The van der Waals surface area contributed by atoms with Crippen LogP contribution in [0.1, 0.15) is 5.56 Å². The number of carbonyl (C=O) groups is 1. The number of rotatable bonds is 5. The van der Waals surface area contributed by atoms with Crippen LogP contribution in [0.2, 0.25) is 0 Å². The lowest BCUT2D eigenvalue weighted by Gasteiger charge is -2.12. The molecule has 0 heterocycles. The summed E-state index contributed by atoms with van der Waals surface area (Å²) in [6.45, 7) is -2.97. The van der Waals surface area contributed by atoms with Crippen molar-refractivity contribution in [3.63, 3.8) is 0 Å². The molecule has 1 amide bonds. The molecule has 0 unspecified atom stereocenters. The highest BCUT2D eigenvalue weighted by Gasteiger charge is 2.12. The van der Waals surface area contributed by atoms with E-state index < -0.39 is 12.5 Å². The van der Waals surface area contributed by atoms with Gasteiger partial charge in [0.25, 0.3) is 0 Å². The minimum Gasteiger partial charge on any atom is -0.508 e. The number of ether oxygens (including phenoxy) is 1. The van der Waals surface area contributed by atoms with Crippen molar-refractivity contribution >= 4 is 11.6 Å². The summed E-state index contributed by atoms with van der Waals surface area (Å²) in [5.41, 5.74) is 0.598. The predicted molar refractivity (Wildman–Crippen MR) is 73.5 cm³/mol. The molecule has 0 spiro atoms. The van der Waals surface area contributed by atoms with Crippen molar-refractivity contribution < 1.29 is 23.4 Å². The summed E-state index contributed by atoms with van der Waals surface area (Å²) in [5, 5.41) is 12.1. The molecule has 0 aromatic heterocycles. The normalized spacial score (nSPS) is 10.4. The minimum atomic E-state index is -2.97. The van der Waals surface area contributed by atoms with Gasteiger partial charge in [-0.15, -0.1) is 0 Å². The van der Waals surface area contributed by atoms with Crippen LogP contribution in [0.3, 0.4) is 0 Å². The summed E-state index contributed by atoms with van der Waals surface area (Å²) >= 11 is 0. The standard InChI is InChI=1S/C15H13F2NO3/c16-15(17)21-13-8-4-2-6-11(13)18-14(20)9-10-5-1-3-7-12(10)19/h1-8,15,19H,9H2,(H,18,20). The fourth-order valence-corrected chi connectivity index (χ4v) is 1.80. The van der Waals surface area contributed by atoms with Crippen molar-refractivity contribution in [2.75, 3.05) is 5.32 Å². The van der Waals surface area contributed by atoms with Crippen LogP contribution in [0.4, 0.5) is 14.5 Å². The van der Waals surface area contributed by atoms with Gasteiger partial charge in [-0.3, -0.25) is 4.79 Å². The first-order chi connectivity index (χ1) is 10.1. The second-order valence-corrected chi connectivity index (χ2v) is 4.23. The summed E-state index contributed by atoms with van der Waals surface area (Å²) in [6, 6.07) is 12.3. The van der Waals surface area contributed by atoms with E-state index in [9.17, 15) is 18.7 Å². The molecule has 6 heteroatoms. The minimum absolute atomic E-state index is 0.00441. The van der Waals surface area contributed by atoms with Gasteiger partial charge in [0.05, 0.1) is 12.1 Å². The van der Waals surface area contributed by atoms with Gasteiger partial charge in [-0.05, 0) is 18.2 Å². The third-order valence-corrected chi connectivity index (χ3v) is 2.72. The van der Waals surface area contributed by atoms with Crippen molar-refractivity contribution in [3.8, 4) is 11.5 Å². The number of benzene rings is 2. The first kappa shape index (κ1) is 14.8. The Kier molecular flexibility index (Phi) is 4.71. The number of phenols is 1. The van der Waals surface area contributed by atoms with Gasteiger partial charge in [0, 0.05) is 5.56 Å². The number of hydrogen-bond donors (Lipinski definition) is 2. The fraction of sp³-hybridized carbons (Fsp3) is 0.133. The molecule has 110 valence electrons. The molecule has 2 rings (SSSR count). The first-order valence-corrected chi connectivity index (χ1v) is 6.17. The lowest BCUT2D eigenvalue weighted by molar-refractivity contribution is -0.115. The molecule has 0 saturated carbocycles. The smallest absolute Gasteiger partial charge is 0.387 e. The number of nitrogens with one attached hydrogen (secondary N) is 1. The summed E-state index contributed by atoms with van der Waals surface area (Å²) in [5.74, 6) is -0.551. The maximum Gasteiger partial charge on any atom is 0.387 e. The van der Waals surface area contributed by atoms with E-state index in [0.29, 0.717) is 5.56 Å². The second-order valence-electron chi connectivity index (χ2n) is 4.23. The number of anilines is 1. The van der Waals surface area contributed by atoms with Crippen LogP contribution in [-0.4, -0.2) is 17.6 Å². The van der Waals surface area contributed by atoms with Gasteiger partial charge in [-0.25, -0.2) is 0 Å². The largest absolute Gasteiger partial charge is 0.508 e. The zero-order valence-electron chi connectivity index (χ0n) is 10.9. The quantitative estimate of drug-likeness (QED) is 0.890. The Morgan fingerprint density at radius 2 is 1.81 bits per heavy atom. The number of aromatic hydroxyl groups is 1. The maximum atomic E-state index is 12.3. The molecule has 0 aliphatic carbocycles. The van der Waals surface area contributed by atoms with E-state index in [2.05, 4.69) is 10.1 Å². The molecule has 0 aliphatic heterocycles. The molecule has 2 N–H and O–H groups in total. The molecule has 0 atom stereocenters. The van der Waals surface area contributed by atoms with Crippen LogP contribution in [-0.2, 0) is 11.2 Å². The van der Waals surface area contributed by atoms with E-state index in [1.54, 1.807) is 24.3 Å². The highest BCUT2D eigenvalue weighted by Crippen LogP contribution is 2.26. The third kappa shape index (κ3) is 4.17. The fourth-order valence-electron chi connectivity index (χ4n) is 1.80.